The molecule has 7 nitrogen and oxygen atoms in total. The number of oxime groups is 1. The van der Waals surface area contributed by atoms with Crippen molar-refractivity contribution in [1.29, 1.82) is 0 Å². The zero-order valence-electron chi connectivity index (χ0n) is 11.9. The van der Waals surface area contributed by atoms with Gasteiger partial charge in [0.1, 0.15) is 15.8 Å². The molecule has 3 N–H and O–H groups in total. The second-order valence-corrected chi connectivity index (χ2v) is 7.02. The van der Waals surface area contributed by atoms with Crippen molar-refractivity contribution in [2.24, 2.45) is 10.9 Å². The molecule has 116 valence electrons. The summed E-state index contributed by atoms with van der Waals surface area (Å²) in [7, 11) is -1.69. The number of benzene rings is 1. The molecule has 1 aromatic rings. The molecule has 0 heterocycles. The van der Waals surface area contributed by atoms with Crippen LogP contribution in [0.2, 0.25) is 0 Å². The molecule has 1 unspecified atom stereocenters. The van der Waals surface area contributed by atoms with Crippen molar-refractivity contribution in [3.63, 3.8) is 0 Å². The Bertz CT molecular complexity index is 614. The highest BCUT2D eigenvalue weighted by Crippen LogP contribution is 2.18. The highest BCUT2D eigenvalue weighted by molar-refractivity contribution is 7.90. The van der Waals surface area contributed by atoms with Crippen molar-refractivity contribution in [3.05, 3.63) is 35.9 Å². The summed E-state index contributed by atoms with van der Waals surface area (Å²) < 4.78 is 22.3. The Morgan fingerprint density at radius 2 is 1.95 bits per heavy atom. The van der Waals surface area contributed by atoms with Gasteiger partial charge < -0.3 is 15.8 Å². The van der Waals surface area contributed by atoms with E-state index in [1.165, 1.54) is 11.9 Å². The van der Waals surface area contributed by atoms with E-state index in [1.54, 1.807) is 30.3 Å². The summed E-state index contributed by atoms with van der Waals surface area (Å²) in [4.78, 5) is 13.7. The zero-order chi connectivity index (χ0) is 16.0. The molecule has 1 atom stereocenters. The third kappa shape index (κ3) is 5.07. The maximum absolute atomic E-state index is 12.4. The Balaban J connectivity index is 2.97. The summed E-state index contributed by atoms with van der Waals surface area (Å²) in [5.41, 5.74) is 6.18. The largest absolute Gasteiger partial charge is 0.409 e. The van der Waals surface area contributed by atoms with E-state index < -0.39 is 21.7 Å². The zero-order valence-corrected chi connectivity index (χ0v) is 12.7. The van der Waals surface area contributed by atoms with Gasteiger partial charge in [0, 0.05) is 19.8 Å². The van der Waals surface area contributed by atoms with Crippen LogP contribution in [-0.4, -0.2) is 55.9 Å². The van der Waals surface area contributed by atoms with Crippen LogP contribution in [0.1, 0.15) is 11.5 Å². The molecule has 0 aromatic heterocycles. The Kier molecular flexibility index (Phi) is 5.71. The van der Waals surface area contributed by atoms with Gasteiger partial charge in [-0.25, -0.2) is 8.42 Å². The molecule has 8 heteroatoms. The molecule has 0 aliphatic heterocycles. The molecule has 0 aliphatic carbocycles. The Labute approximate surface area is 124 Å². The van der Waals surface area contributed by atoms with Gasteiger partial charge in [-0.05, 0) is 5.56 Å². The van der Waals surface area contributed by atoms with Crippen molar-refractivity contribution >= 4 is 21.6 Å². The molecule has 1 rings (SSSR count). The number of amides is 1. The smallest absolute Gasteiger partial charge is 0.237 e. The lowest BCUT2D eigenvalue weighted by molar-refractivity contribution is -0.129. The predicted molar refractivity (Wildman–Crippen MR) is 79.9 cm³/mol. The lowest BCUT2D eigenvalue weighted by atomic mass is 9.96. The first kappa shape index (κ1) is 17.0. The minimum absolute atomic E-state index is 0.0414. The molecule has 0 fully saturated rings. The van der Waals surface area contributed by atoms with Crippen LogP contribution in [0.5, 0.6) is 0 Å². The van der Waals surface area contributed by atoms with Crippen LogP contribution < -0.4 is 5.73 Å². The molecule has 21 heavy (non-hydrogen) atoms. The third-order valence-electron chi connectivity index (χ3n) is 2.96. The van der Waals surface area contributed by atoms with Crippen molar-refractivity contribution in [3.8, 4) is 0 Å². The first-order valence-corrected chi connectivity index (χ1v) is 8.27. The van der Waals surface area contributed by atoms with E-state index in [0.29, 0.717) is 5.56 Å². The molecular formula is C13H19N3O4S. The molecule has 0 radical (unpaired) electrons. The fraction of sp³-hybridized carbons (Fsp3) is 0.385. The number of carbonyl (C=O) groups is 1. The standard InChI is InChI=1S/C13H19N3O4S/c1-16(8-9-21(2,19)20)13(17)11(12(14)15-18)10-6-4-3-5-7-10/h3-7,11,18H,8-9H2,1-2H3,(H2,14,15). The highest BCUT2D eigenvalue weighted by Gasteiger charge is 2.28. The van der Waals surface area contributed by atoms with Gasteiger partial charge in [-0.3, -0.25) is 4.79 Å². The average molecular weight is 313 g/mol. The van der Waals surface area contributed by atoms with E-state index in [-0.39, 0.29) is 18.1 Å². The number of carbonyl (C=O) groups excluding carboxylic acids is 1. The van der Waals surface area contributed by atoms with Gasteiger partial charge in [0.2, 0.25) is 5.91 Å². The average Bonchev–Trinajstić information content (AvgIpc) is 2.45. The molecule has 1 amide bonds. The molecule has 0 saturated carbocycles. The van der Waals surface area contributed by atoms with Gasteiger partial charge in [-0.2, -0.15) is 0 Å². The van der Waals surface area contributed by atoms with Gasteiger partial charge in [-0.15, -0.1) is 0 Å². The van der Waals surface area contributed by atoms with Crippen LogP contribution in [-0.2, 0) is 14.6 Å². The summed E-state index contributed by atoms with van der Waals surface area (Å²) >= 11 is 0. The van der Waals surface area contributed by atoms with Crippen molar-refractivity contribution in [2.45, 2.75) is 5.92 Å². The number of rotatable bonds is 6. The van der Waals surface area contributed by atoms with Crippen LogP contribution >= 0.6 is 0 Å². The van der Waals surface area contributed by atoms with Gasteiger partial charge >= 0.3 is 0 Å². The topological polar surface area (TPSA) is 113 Å². The minimum atomic E-state index is -3.17. The number of amidine groups is 1. The number of likely N-dealkylation sites (N-methyl/N-ethyl adjacent to an activating group) is 1. The SMILES string of the molecule is CN(CCS(C)(=O)=O)C(=O)C(C(N)=NO)c1ccccc1. The maximum atomic E-state index is 12.4. The first-order chi connectivity index (χ1) is 9.76. The number of nitrogens with two attached hydrogens (primary N) is 1. The van der Waals surface area contributed by atoms with Gasteiger partial charge in [0.05, 0.1) is 5.75 Å². The molecule has 0 bridgehead atoms. The number of nitrogens with zero attached hydrogens (tertiary/aromatic N) is 2. The summed E-state index contributed by atoms with van der Waals surface area (Å²) in [6.07, 6.45) is 1.10. The normalized spacial score (nSPS) is 13.7. The van der Waals surface area contributed by atoms with Gasteiger partial charge in [0.15, 0.2) is 5.84 Å². The highest BCUT2D eigenvalue weighted by atomic mass is 32.2. The molecule has 0 aliphatic rings. The summed E-state index contributed by atoms with van der Waals surface area (Å²) in [5, 5.41) is 11.8. The van der Waals surface area contributed by atoms with Crippen molar-refractivity contribution in [2.75, 3.05) is 25.6 Å². The first-order valence-electron chi connectivity index (χ1n) is 6.21. The monoisotopic (exact) mass is 313 g/mol. The van der Waals surface area contributed by atoms with Crippen LogP contribution in [0.3, 0.4) is 0 Å². The quantitative estimate of drug-likeness (QED) is 0.333. The van der Waals surface area contributed by atoms with Crippen LogP contribution in [0, 0.1) is 0 Å². The molecule has 0 spiro atoms. The molecule has 0 saturated heterocycles. The Morgan fingerprint density at radius 3 is 2.43 bits per heavy atom. The van der Waals surface area contributed by atoms with E-state index in [9.17, 15) is 13.2 Å². The van der Waals surface area contributed by atoms with E-state index in [2.05, 4.69) is 5.16 Å². The second kappa shape index (κ2) is 7.07. The minimum Gasteiger partial charge on any atom is -0.409 e. The van der Waals surface area contributed by atoms with Gasteiger partial charge in [-0.1, -0.05) is 35.5 Å². The number of hydrogen-bond acceptors (Lipinski definition) is 5. The Hall–Kier alpha value is -2.09. The lowest BCUT2D eigenvalue weighted by Gasteiger charge is -2.23. The second-order valence-electron chi connectivity index (χ2n) is 4.76. The Morgan fingerprint density at radius 1 is 1.38 bits per heavy atom. The molecular weight excluding hydrogens is 294 g/mol. The number of hydrogen-bond donors (Lipinski definition) is 2. The van der Waals surface area contributed by atoms with Crippen LogP contribution in [0.4, 0.5) is 0 Å². The fourth-order valence-corrected chi connectivity index (χ4v) is 2.38. The van der Waals surface area contributed by atoms with Crippen LogP contribution in [0.15, 0.2) is 35.5 Å². The summed E-state index contributed by atoms with van der Waals surface area (Å²) in [5.74, 6) is -1.76. The van der Waals surface area contributed by atoms with Gasteiger partial charge in [0.25, 0.3) is 0 Å². The third-order valence-corrected chi connectivity index (χ3v) is 3.89. The van der Waals surface area contributed by atoms with Crippen LogP contribution in [0.25, 0.3) is 0 Å². The lowest BCUT2D eigenvalue weighted by Crippen LogP contribution is -2.40. The van der Waals surface area contributed by atoms with E-state index >= 15 is 0 Å². The maximum Gasteiger partial charge on any atom is 0.237 e. The number of sulfone groups is 1. The van der Waals surface area contributed by atoms with E-state index in [0.717, 1.165) is 6.26 Å². The predicted octanol–water partition coefficient (Wildman–Crippen LogP) is 0.0196. The molecule has 1 aromatic carbocycles. The summed E-state index contributed by atoms with van der Waals surface area (Å²) in [6.45, 7) is 0.0414. The van der Waals surface area contributed by atoms with E-state index in [4.69, 9.17) is 10.9 Å². The van der Waals surface area contributed by atoms with Crippen molar-refractivity contribution < 1.29 is 18.4 Å². The van der Waals surface area contributed by atoms with E-state index in [1.807, 2.05) is 0 Å². The van der Waals surface area contributed by atoms with Crippen molar-refractivity contribution in [1.82, 2.24) is 4.90 Å². The summed E-state index contributed by atoms with van der Waals surface area (Å²) in [6, 6.07) is 8.62. The fourth-order valence-electron chi connectivity index (χ4n) is 1.78.